The molecule has 0 saturated carbocycles. The molecule has 2 rings (SSSR count). The van der Waals surface area contributed by atoms with Crippen molar-refractivity contribution in [3.8, 4) is 0 Å². The molecule has 0 aliphatic carbocycles. The van der Waals surface area contributed by atoms with Crippen molar-refractivity contribution >= 4 is 40.6 Å². The normalized spacial score (nSPS) is 17.3. The van der Waals surface area contributed by atoms with Crippen molar-refractivity contribution in [3.63, 3.8) is 0 Å². The van der Waals surface area contributed by atoms with Crippen LogP contribution in [0, 0.1) is 0 Å². The van der Waals surface area contributed by atoms with E-state index < -0.39 is 9.84 Å². The van der Waals surface area contributed by atoms with Crippen LogP contribution in [0.25, 0.3) is 0 Å². The van der Waals surface area contributed by atoms with Gasteiger partial charge in [-0.3, -0.25) is 9.69 Å². The van der Waals surface area contributed by atoms with E-state index in [9.17, 15) is 13.2 Å². The van der Waals surface area contributed by atoms with E-state index in [0.717, 1.165) is 24.8 Å². The van der Waals surface area contributed by atoms with Crippen molar-refractivity contribution in [3.05, 3.63) is 35.4 Å². The van der Waals surface area contributed by atoms with Crippen LogP contribution in [0.4, 0.5) is 0 Å². The second kappa shape index (κ2) is 12.6. The highest BCUT2D eigenvalue weighted by Crippen LogP contribution is 2.12. The zero-order chi connectivity index (χ0) is 18.3. The summed E-state index contributed by atoms with van der Waals surface area (Å²) >= 11 is 0. The van der Waals surface area contributed by atoms with Gasteiger partial charge in [-0.1, -0.05) is 31.9 Å². The Morgan fingerprint density at radius 1 is 1.26 bits per heavy atom. The SMILES string of the molecule is CCCCC(CN)NC(=O)c1cccc(CN2CCS(=O)(=O)CC2)c1.Cl.Cl. The molecule has 0 radical (unpaired) electrons. The Kier molecular flexibility index (Phi) is 12.2. The van der Waals surface area contributed by atoms with Crippen LogP contribution < -0.4 is 11.1 Å². The van der Waals surface area contributed by atoms with Crippen molar-refractivity contribution in [2.45, 2.75) is 38.8 Å². The van der Waals surface area contributed by atoms with Crippen LogP contribution in [0.3, 0.4) is 0 Å². The molecule has 1 fully saturated rings. The van der Waals surface area contributed by atoms with Crippen molar-refractivity contribution < 1.29 is 13.2 Å². The molecule has 1 aromatic carbocycles. The number of nitrogens with one attached hydrogen (secondary N) is 1. The monoisotopic (exact) mass is 439 g/mol. The summed E-state index contributed by atoms with van der Waals surface area (Å²) in [5.41, 5.74) is 7.39. The second-order valence-corrected chi connectivity index (χ2v) is 8.98. The minimum Gasteiger partial charge on any atom is -0.348 e. The molecule has 3 N–H and O–H groups in total. The molecule has 0 bridgehead atoms. The lowest BCUT2D eigenvalue weighted by Gasteiger charge is -2.26. The maximum absolute atomic E-state index is 12.4. The number of unbranched alkanes of at least 4 members (excludes halogenated alkanes) is 1. The fourth-order valence-electron chi connectivity index (χ4n) is 2.95. The third-order valence-corrected chi connectivity index (χ3v) is 6.17. The van der Waals surface area contributed by atoms with Gasteiger partial charge in [-0.05, 0) is 24.1 Å². The van der Waals surface area contributed by atoms with Gasteiger partial charge in [0.15, 0.2) is 9.84 Å². The van der Waals surface area contributed by atoms with E-state index in [1.165, 1.54) is 0 Å². The van der Waals surface area contributed by atoms with Crippen LogP contribution in [0.2, 0.25) is 0 Å². The van der Waals surface area contributed by atoms with Crippen molar-refractivity contribution in [2.24, 2.45) is 5.73 Å². The van der Waals surface area contributed by atoms with Gasteiger partial charge in [0, 0.05) is 37.8 Å². The fraction of sp³-hybridized carbons (Fsp3) is 0.611. The van der Waals surface area contributed by atoms with Crippen LogP contribution in [0.5, 0.6) is 0 Å². The number of rotatable bonds is 8. The molecule has 9 heteroatoms. The number of benzene rings is 1. The average Bonchev–Trinajstić information content (AvgIpc) is 2.60. The summed E-state index contributed by atoms with van der Waals surface area (Å²) in [4.78, 5) is 14.6. The molecule has 1 aliphatic heterocycles. The highest BCUT2D eigenvalue weighted by atomic mass is 35.5. The van der Waals surface area contributed by atoms with Gasteiger partial charge < -0.3 is 11.1 Å². The van der Waals surface area contributed by atoms with Crippen LogP contribution in [0.15, 0.2) is 24.3 Å². The molecule has 156 valence electrons. The molecule has 6 nitrogen and oxygen atoms in total. The topological polar surface area (TPSA) is 92.5 Å². The highest BCUT2D eigenvalue weighted by molar-refractivity contribution is 7.91. The summed E-state index contributed by atoms with van der Waals surface area (Å²) < 4.78 is 23.0. The first-order valence-corrected chi connectivity index (χ1v) is 10.8. The fourth-order valence-corrected chi connectivity index (χ4v) is 4.22. The number of carbonyl (C=O) groups excluding carboxylic acids is 1. The molecule has 1 saturated heterocycles. The van der Waals surface area contributed by atoms with E-state index in [0.29, 0.717) is 31.7 Å². The predicted molar refractivity (Wildman–Crippen MR) is 115 cm³/mol. The molecule has 1 aromatic rings. The summed E-state index contributed by atoms with van der Waals surface area (Å²) in [5.74, 6) is 0.320. The third kappa shape index (κ3) is 8.79. The van der Waals surface area contributed by atoms with Crippen LogP contribution in [0.1, 0.15) is 42.1 Å². The molecule has 1 atom stereocenters. The number of hydrogen-bond acceptors (Lipinski definition) is 5. The molecule has 1 amide bonds. The Balaban J connectivity index is 0.00000338. The first-order valence-electron chi connectivity index (χ1n) is 8.96. The summed E-state index contributed by atoms with van der Waals surface area (Å²) in [5, 5.41) is 3.00. The Labute approximate surface area is 175 Å². The summed E-state index contributed by atoms with van der Waals surface area (Å²) in [6, 6.07) is 7.52. The van der Waals surface area contributed by atoms with E-state index in [1.54, 1.807) is 6.07 Å². The van der Waals surface area contributed by atoms with Crippen molar-refractivity contribution in [1.82, 2.24) is 10.2 Å². The highest BCUT2D eigenvalue weighted by Gasteiger charge is 2.21. The Hall–Kier alpha value is -0.860. The van der Waals surface area contributed by atoms with Gasteiger partial charge in [0.05, 0.1) is 11.5 Å². The largest absolute Gasteiger partial charge is 0.348 e. The van der Waals surface area contributed by atoms with Crippen LogP contribution in [-0.2, 0) is 16.4 Å². The third-order valence-electron chi connectivity index (χ3n) is 4.56. The van der Waals surface area contributed by atoms with Crippen LogP contribution >= 0.6 is 24.8 Å². The first-order chi connectivity index (χ1) is 11.9. The van der Waals surface area contributed by atoms with Gasteiger partial charge in [-0.25, -0.2) is 8.42 Å². The minimum absolute atomic E-state index is 0. The lowest BCUT2D eigenvalue weighted by molar-refractivity contribution is 0.0935. The average molecular weight is 440 g/mol. The van der Waals surface area contributed by atoms with Crippen LogP contribution in [-0.4, -0.2) is 56.4 Å². The maximum atomic E-state index is 12.4. The standard InChI is InChI=1S/C18H29N3O3S.2ClH/c1-2-3-7-17(13-19)20-18(22)16-6-4-5-15(12-16)14-21-8-10-25(23,24)11-9-21;;/h4-6,12,17H,2-3,7-11,13-14,19H2,1H3,(H,20,22);2*1H. The van der Waals surface area contributed by atoms with E-state index in [2.05, 4.69) is 17.1 Å². The number of nitrogens with two attached hydrogens (primary N) is 1. The number of hydrogen-bond donors (Lipinski definition) is 2. The van der Waals surface area contributed by atoms with Gasteiger partial charge in [0.25, 0.3) is 5.91 Å². The lowest BCUT2D eigenvalue weighted by Crippen LogP contribution is -2.40. The number of sulfone groups is 1. The summed E-state index contributed by atoms with van der Waals surface area (Å²) in [6.45, 7) is 4.31. The molecule has 27 heavy (non-hydrogen) atoms. The van der Waals surface area contributed by atoms with E-state index in [-0.39, 0.29) is 48.3 Å². The van der Waals surface area contributed by atoms with Crippen molar-refractivity contribution in [2.75, 3.05) is 31.1 Å². The van der Waals surface area contributed by atoms with Crippen molar-refractivity contribution in [1.29, 1.82) is 0 Å². The molecule has 1 aliphatic rings. The summed E-state index contributed by atoms with van der Waals surface area (Å²) in [6.07, 6.45) is 3.01. The molecule has 1 unspecified atom stereocenters. The molecule has 1 heterocycles. The van der Waals surface area contributed by atoms with E-state index in [1.807, 2.05) is 18.2 Å². The van der Waals surface area contributed by atoms with Gasteiger partial charge in [0.2, 0.25) is 0 Å². The Morgan fingerprint density at radius 2 is 1.93 bits per heavy atom. The number of halogens is 2. The Bertz CT molecular complexity index is 672. The first kappa shape index (κ1) is 26.1. The minimum atomic E-state index is -2.87. The predicted octanol–water partition coefficient (Wildman–Crippen LogP) is 2.01. The molecular formula is C18H31Cl2N3O3S. The molecule has 0 aromatic heterocycles. The number of carbonyl (C=O) groups is 1. The van der Waals surface area contributed by atoms with Gasteiger partial charge >= 0.3 is 0 Å². The van der Waals surface area contributed by atoms with Gasteiger partial charge in [-0.2, -0.15) is 0 Å². The van der Waals surface area contributed by atoms with Gasteiger partial charge in [-0.15, -0.1) is 24.8 Å². The smallest absolute Gasteiger partial charge is 0.251 e. The molecule has 0 spiro atoms. The Morgan fingerprint density at radius 3 is 2.52 bits per heavy atom. The van der Waals surface area contributed by atoms with E-state index >= 15 is 0 Å². The quantitative estimate of drug-likeness (QED) is 0.645. The summed E-state index contributed by atoms with van der Waals surface area (Å²) in [7, 11) is -2.87. The van der Waals surface area contributed by atoms with Gasteiger partial charge in [0.1, 0.15) is 0 Å². The lowest BCUT2D eigenvalue weighted by atomic mass is 10.1. The zero-order valence-electron chi connectivity index (χ0n) is 15.7. The maximum Gasteiger partial charge on any atom is 0.251 e. The second-order valence-electron chi connectivity index (χ2n) is 6.68. The zero-order valence-corrected chi connectivity index (χ0v) is 18.2. The molecular weight excluding hydrogens is 409 g/mol. The number of amides is 1. The van der Waals surface area contributed by atoms with E-state index in [4.69, 9.17) is 5.73 Å². The number of nitrogens with zero attached hydrogens (tertiary/aromatic N) is 1.